The number of halogens is 1. The summed E-state index contributed by atoms with van der Waals surface area (Å²) in [5.41, 5.74) is 0.811. The van der Waals surface area contributed by atoms with Crippen LogP contribution in [-0.2, 0) is 11.8 Å². The van der Waals surface area contributed by atoms with E-state index in [4.69, 9.17) is 0 Å². The van der Waals surface area contributed by atoms with E-state index in [1.165, 1.54) is 49.6 Å². The molecule has 0 spiro atoms. The lowest BCUT2D eigenvalue weighted by Crippen LogP contribution is -2.50. The summed E-state index contributed by atoms with van der Waals surface area (Å²) in [7, 11) is 1.88. The van der Waals surface area contributed by atoms with Crippen molar-refractivity contribution in [3.63, 3.8) is 0 Å². The minimum atomic E-state index is -0.274. The molecule has 1 aliphatic carbocycles. The van der Waals surface area contributed by atoms with Crippen LogP contribution in [0.25, 0.3) is 11.4 Å². The fourth-order valence-corrected chi connectivity index (χ4v) is 5.23. The highest BCUT2D eigenvalue weighted by Crippen LogP contribution is 2.35. The minimum absolute atomic E-state index is 0.211. The second-order valence-electron chi connectivity index (χ2n) is 7.50. The van der Waals surface area contributed by atoms with Crippen LogP contribution in [0.2, 0.25) is 0 Å². The third-order valence-electron chi connectivity index (χ3n) is 5.83. The van der Waals surface area contributed by atoms with Gasteiger partial charge in [-0.05, 0) is 55.9 Å². The van der Waals surface area contributed by atoms with Crippen LogP contribution in [0.1, 0.15) is 38.5 Å². The van der Waals surface area contributed by atoms with Crippen LogP contribution < -0.4 is 0 Å². The Morgan fingerprint density at radius 2 is 1.89 bits per heavy atom. The molecule has 7 heteroatoms. The average molecular weight is 389 g/mol. The molecule has 0 radical (unpaired) electrons. The van der Waals surface area contributed by atoms with E-state index in [-0.39, 0.29) is 11.7 Å². The molecule has 2 heterocycles. The van der Waals surface area contributed by atoms with Gasteiger partial charge in [0, 0.05) is 25.2 Å². The third kappa shape index (κ3) is 3.88. The third-order valence-corrected chi connectivity index (χ3v) is 6.83. The van der Waals surface area contributed by atoms with Crippen molar-refractivity contribution in [3.05, 3.63) is 30.1 Å². The van der Waals surface area contributed by atoms with Gasteiger partial charge in [0.15, 0.2) is 11.0 Å². The predicted molar refractivity (Wildman–Crippen MR) is 104 cm³/mol. The molecule has 144 valence electrons. The van der Waals surface area contributed by atoms with Gasteiger partial charge in [0.1, 0.15) is 5.82 Å². The molecule has 1 saturated carbocycles. The zero-order chi connectivity index (χ0) is 18.8. The maximum Gasteiger partial charge on any atom is 0.233 e. The van der Waals surface area contributed by atoms with Crippen LogP contribution in [0.15, 0.2) is 29.4 Å². The topological polar surface area (TPSA) is 51.0 Å². The molecule has 2 aliphatic rings. The lowest BCUT2D eigenvalue weighted by atomic mass is 9.78. The number of benzene rings is 1. The first-order valence-corrected chi connectivity index (χ1v) is 10.7. The first-order valence-electron chi connectivity index (χ1n) is 9.71. The van der Waals surface area contributed by atoms with E-state index in [0.717, 1.165) is 24.9 Å². The zero-order valence-corrected chi connectivity index (χ0v) is 16.4. The van der Waals surface area contributed by atoms with Crippen LogP contribution in [0.3, 0.4) is 0 Å². The van der Waals surface area contributed by atoms with Gasteiger partial charge in [-0.1, -0.05) is 24.6 Å². The van der Waals surface area contributed by atoms with Crippen molar-refractivity contribution in [3.8, 4) is 11.4 Å². The van der Waals surface area contributed by atoms with Gasteiger partial charge in [-0.15, -0.1) is 10.2 Å². The number of thioether (sulfide) groups is 1. The van der Waals surface area contributed by atoms with Crippen molar-refractivity contribution in [2.45, 2.75) is 49.7 Å². The van der Waals surface area contributed by atoms with E-state index in [1.807, 2.05) is 11.6 Å². The smallest absolute Gasteiger partial charge is 0.233 e. The number of carbonyl (C=O) groups excluding carboxylic acids is 1. The van der Waals surface area contributed by atoms with Gasteiger partial charge in [0.05, 0.1) is 5.75 Å². The summed E-state index contributed by atoms with van der Waals surface area (Å²) in [6.45, 7) is 0.889. The van der Waals surface area contributed by atoms with Gasteiger partial charge in [-0.3, -0.25) is 4.79 Å². The summed E-state index contributed by atoms with van der Waals surface area (Å²) in [5, 5.41) is 9.15. The molecule has 1 aromatic heterocycles. The molecule has 2 aromatic rings. The van der Waals surface area contributed by atoms with Gasteiger partial charge in [0.25, 0.3) is 0 Å². The Morgan fingerprint density at radius 3 is 2.70 bits per heavy atom. The number of nitrogens with zero attached hydrogens (tertiary/aromatic N) is 4. The summed E-state index contributed by atoms with van der Waals surface area (Å²) in [5.74, 6) is 1.70. The molecular weight excluding hydrogens is 363 g/mol. The molecule has 1 saturated heterocycles. The predicted octanol–water partition coefficient (Wildman–Crippen LogP) is 3.89. The van der Waals surface area contributed by atoms with Crippen LogP contribution in [-0.4, -0.2) is 43.9 Å². The maximum atomic E-state index is 13.1. The number of hydrogen-bond acceptors (Lipinski definition) is 4. The Bertz CT molecular complexity index is 805. The van der Waals surface area contributed by atoms with E-state index >= 15 is 0 Å². The number of likely N-dealkylation sites (tertiary alicyclic amines) is 1. The van der Waals surface area contributed by atoms with Gasteiger partial charge in [-0.25, -0.2) is 4.39 Å². The number of piperidine rings is 1. The molecule has 5 nitrogen and oxygen atoms in total. The fraction of sp³-hybridized carbons (Fsp3) is 0.550. The number of aromatic nitrogens is 3. The molecule has 0 N–H and O–H groups in total. The van der Waals surface area contributed by atoms with Crippen molar-refractivity contribution in [1.29, 1.82) is 0 Å². The van der Waals surface area contributed by atoms with Crippen LogP contribution in [0, 0.1) is 11.7 Å². The van der Waals surface area contributed by atoms with Crippen LogP contribution in [0.5, 0.6) is 0 Å². The van der Waals surface area contributed by atoms with Gasteiger partial charge in [-0.2, -0.15) is 0 Å². The Hall–Kier alpha value is -1.89. The first kappa shape index (κ1) is 18.5. The Kier molecular flexibility index (Phi) is 5.48. The molecule has 4 rings (SSSR count). The highest BCUT2D eigenvalue weighted by molar-refractivity contribution is 7.99. The maximum absolute atomic E-state index is 13.1. The summed E-state index contributed by atoms with van der Waals surface area (Å²) in [6, 6.07) is 6.65. The van der Waals surface area contributed by atoms with E-state index < -0.39 is 0 Å². The highest BCUT2D eigenvalue weighted by Gasteiger charge is 2.35. The number of fused-ring (bicyclic) bond motifs is 1. The Balaban J connectivity index is 1.41. The second-order valence-corrected chi connectivity index (χ2v) is 8.44. The van der Waals surface area contributed by atoms with Crippen molar-refractivity contribution in [1.82, 2.24) is 19.7 Å². The number of hydrogen-bond donors (Lipinski definition) is 0. The van der Waals surface area contributed by atoms with Crippen LogP contribution in [0.4, 0.5) is 4.39 Å². The Labute approximate surface area is 163 Å². The molecular formula is C20H25FN4OS. The fourth-order valence-electron chi connectivity index (χ4n) is 4.43. The number of carbonyl (C=O) groups is 1. The first-order chi connectivity index (χ1) is 13.1. The molecule has 27 heavy (non-hydrogen) atoms. The lowest BCUT2D eigenvalue weighted by Gasteiger charge is -2.44. The molecule has 1 amide bonds. The summed E-state index contributed by atoms with van der Waals surface area (Å²) >= 11 is 1.43. The molecule has 0 bridgehead atoms. The van der Waals surface area contributed by atoms with E-state index in [2.05, 4.69) is 15.1 Å². The highest BCUT2D eigenvalue weighted by atomic mass is 32.2. The largest absolute Gasteiger partial charge is 0.339 e. The van der Waals surface area contributed by atoms with E-state index in [0.29, 0.717) is 28.7 Å². The van der Waals surface area contributed by atoms with Crippen molar-refractivity contribution in [2.75, 3.05) is 12.3 Å². The van der Waals surface area contributed by atoms with Crippen molar-refractivity contribution >= 4 is 17.7 Å². The molecule has 1 aliphatic heterocycles. The normalized spacial score (nSPS) is 22.5. The number of rotatable bonds is 4. The molecule has 2 atom stereocenters. The lowest BCUT2D eigenvalue weighted by molar-refractivity contribution is -0.134. The minimum Gasteiger partial charge on any atom is -0.339 e. The standard InChI is InChI=1S/C20H25FN4OS/c1-24-19(15-8-10-16(21)11-9-15)22-23-20(24)27-13-18(26)25-12-4-6-14-5-2-3-7-17(14)25/h8-11,14,17H,2-7,12-13H2,1H3/t14-,17+/m1/s1. The monoisotopic (exact) mass is 388 g/mol. The SMILES string of the molecule is Cn1c(SCC(=O)N2CCC[C@H]3CCCC[C@@H]32)nnc1-c1ccc(F)cc1. The summed E-state index contributed by atoms with van der Waals surface area (Å²) in [6.07, 6.45) is 7.36. The summed E-state index contributed by atoms with van der Waals surface area (Å²) in [4.78, 5) is 15.0. The summed E-state index contributed by atoms with van der Waals surface area (Å²) < 4.78 is 15.0. The average Bonchev–Trinajstić information content (AvgIpc) is 3.07. The van der Waals surface area contributed by atoms with Gasteiger partial charge < -0.3 is 9.47 Å². The molecule has 2 fully saturated rings. The van der Waals surface area contributed by atoms with E-state index in [9.17, 15) is 9.18 Å². The zero-order valence-electron chi connectivity index (χ0n) is 15.6. The van der Waals surface area contributed by atoms with Crippen molar-refractivity contribution in [2.24, 2.45) is 13.0 Å². The van der Waals surface area contributed by atoms with Gasteiger partial charge >= 0.3 is 0 Å². The van der Waals surface area contributed by atoms with Crippen molar-refractivity contribution < 1.29 is 9.18 Å². The number of amides is 1. The van der Waals surface area contributed by atoms with Gasteiger partial charge in [0.2, 0.25) is 5.91 Å². The van der Waals surface area contributed by atoms with Crippen LogP contribution >= 0.6 is 11.8 Å². The Morgan fingerprint density at radius 1 is 1.15 bits per heavy atom. The van der Waals surface area contributed by atoms with E-state index in [1.54, 1.807) is 12.1 Å². The molecule has 0 unspecified atom stereocenters. The molecule has 1 aromatic carbocycles. The quantitative estimate of drug-likeness (QED) is 0.746. The second kappa shape index (κ2) is 8.00.